The van der Waals surface area contributed by atoms with E-state index in [0.717, 1.165) is 22.2 Å². The van der Waals surface area contributed by atoms with Crippen molar-refractivity contribution in [2.45, 2.75) is 6.92 Å². The summed E-state index contributed by atoms with van der Waals surface area (Å²) in [6.45, 7) is 3.67. The summed E-state index contributed by atoms with van der Waals surface area (Å²) in [5.74, 6) is 0.983. The van der Waals surface area contributed by atoms with E-state index in [1.807, 2.05) is 67.4 Å². The molecule has 124 valence electrons. The van der Waals surface area contributed by atoms with Gasteiger partial charge in [-0.2, -0.15) is 0 Å². The minimum Gasteiger partial charge on any atom is -0.492 e. The summed E-state index contributed by atoms with van der Waals surface area (Å²) >= 11 is 0. The van der Waals surface area contributed by atoms with Crippen LogP contribution in [-0.2, 0) is 0 Å². The maximum absolute atomic E-state index is 12.5. The highest BCUT2D eigenvalue weighted by molar-refractivity contribution is 6.08. The summed E-state index contributed by atoms with van der Waals surface area (Å²) in [6.07, 6.45) is 1.80. The van der Waals surface area contributed by atoms with Crippen molar-refractivity contribution in [3.05, 3.63) is 65.9 Å². The van der Waals surface area contributed by atoms with Crippen LogP contribution in [0.4, 0.5) is 0 Å². The van der Waals surface area contributed by atoms with Crippen molar-refractivity contribution < 1.29 is 9.53 Å². The molecule has 4 heteroatoms. The maximum atomic E-state index is 12.5. The Balaban J connectivity index is 1.53. The van der Waals surface area contributed by atoms with E-state index in [1.54, 1.807) is 6.20 Å². The number of carbonyl (C=O) groups excluding carboxylic acids is 1. The standard InChI is InChI=1S/C20H22N2O2/c1-15-6-5-7-16(12-15)24-11-10-22(2)14-20(23)18-13-21-19-9-4-3-8-17(18)19/h3-9,12-13,21H,10-11,14H2,1-2H3. The van der Waals surface area contributed by atoms with Crippen molar-refractivity contribution in [3.8, 4) is 5.75 Å². The van der Waals surface area contributed by atoms with E-state index in [0.29, 0.717) is 19.7 Å². The third kappa shape index (κ3) is 3.84. The molecule has 3 aromatic rings. The Labute approximate surface area is 142 Å². The van der Waals surface area contributed by atoms with Gasteiger partial charge in [-0.05, 0) is 37.7 Å². The van der Waals surface area contributed by atoms with E-state index < -0.39 is 0 Å². The summed E-state index contributed by atoms with van der Waals surface area (Å²) in [5, 5.41) is 0.979. The monoisotopic (exact) mass is 322 g/mol. The highest BCUT2D eigenvalue weighted by Crippen LogP contribution is 2.18. The van der Waals surface area contributed by atoms with Crippen LogP contribution >= 0.6 is 0 Å². The molecule has 24 heavy (non-hydrogen) atoms. The van der Waals surface area contributed by atoms with Gasteiger partial charge < -0.3 is 9.72 Å². The topological polar surface area (TPSA) is 45.3 Å². The number of H-pyrrole nitrogens is 1. The lowest BCUT2D eigenvalue weighted by Gasteiger charge is -2.16. The Morgan fingerprint density at radius 3 is 2.83 bits per heavy atom. The van der Waals surface area contributed by atoms with E-state index in [9.17, 15) is 4.79 Å². The molecule has 0 radical (unpaired) electrons. The van der Waals surface area contributed by atoms with Crippen LogP contribution in [-0.4, -0.2) is 42.4 Å². The number of likely N-dealkylation sites (N-methyl/N-ethyl adjacent to an activating group) is 1. The normalized spacial score (nSPS) is 11.1. The van der Waals surface area contributed by atoms with Crippen LogP contribution in [0.25, 0.3) is 10.9 Å². The SMILES string of the molecule is Cc1cccc(OCCN(C)CC(=O)c2c[nH]c3ccccc23)c1. The molecule has 0 bridgehead atoms. The molecule has 0 unspecified atom stereocenters. The predicted octanol–water partition coefficient (Wildman–Crippen LogP) is 3.67. The highest BCUT2D eigenvalue weighted by Gasteiger charge is 2.13. The van der Waals surface area contributed by atoms with E-state index >= 15 is 0 Å². The molecule has 4 nitrogen and oxygen atoms in total. The number of rotatable bonds is 7. The number of Topliss-reactive ketones (excluding diaryl/α,β-unsaturated/α-hetero) is 1. The zero-order valence-electron chi connectivity index (χ0n) is 14.1. The van der Waals surface area contributed by atoms with Crippen LogP contribution in [0.5, 0.6) is 5.75 Å². The molecule has 1 aromatic heterocycles. The fourth-order valence-corrected chi connectivity index (χ4v) is 2.74. The minimum absolute atomic E-state index is 0.116. The van der Waals surface area contributed by atoms with Crippen LogP contribution in [0.2, 0.25) is 0 Å². The molecule has 0 aliphatic rings. The van der Waals surface area contributed by atoms with E-state index in [1.165, 1.54) is 5.56 Å². The molecular weight excluding hydrogens is 300 g/mol. The number of para-hydroxylation sites is 1. The molecule has 0 atom stereocenters. The number of hydrogen-bond donors (Lipinski definition) is 1. The Morgan fingerprint density at radius 2 is 2.00 bits per heavy atom. The number of ether oxygens (including phenoxy) is 1. The number of nitrogens with zero attached hydrogens (tertiary/aromatic N) is 1. The first-order valence-electron chi connectivity index (χ1n) is 8.11. The average Bonchev–Trinajstić information content (AvgIpc) is 2.99. The zero-order valence-corrected chi connectivity index (χ0v) is 14.1. The third-order valence-electron chi connectivity index (χ3n) is 4.03. The first-order valence-corrected chi connectivity index (χ1v) is 8.11. The summed E-state index contributed by atoms with van der Waals surface area (Å²) in [4.78, 5) is 17.6. The molecule has 0 saturated heterocycles. The second kappa shape index (κ2) is 7.32. The van der Waals surface area contributed by atoms with Gasteiger partial charge >= 0.3 is 0 Å². The van der Waals surface area contributed by atoms with Crippen molar-refractivity contribution in [2.75, 3.05) is 26.7 Å². The van der Waals surface area contributed by atoms with Crippen LogP contribution < -0.4 is 4.74 Å². The van der Waals surface area contributed by atoms with Gasteiger partial charge in [-0.3, -0.25) is 9.69 Å². The molecular formula is C20H22N2O2. The Hall–Kier alpha value is -2.59. The molecule has 0 aliphatic carbocycles. The predicted molar refractivity (Wildman–Crippen MR) is 96.8 cm³/mol. The number of aryl methyl sites for hydroxylation is 1. The van der Waals surface area contributed by atoms with Gasteiger partial charge in [-0.15, -0.1) is 0 Å². The number of hydrogen-bond acceptors (Lipinski definition) is 3. The van der Waals surface area contributed by atoms with Crippen molar-refractivity contribution in [1.82, 2.24) is 9.88 Å². The lowest BCUT2D eigenvalue weighted by molar-refractivity contribution is 0.0940. The Kier molecular flexibility index (Phi) is 4.96. The van der Waals surface area contributed by atoms with Crippen LogP contribution in [0, 0.1) is 6.92 Å². The summed E-state index contributed by atoms with van der Waals surface area (Å²) in [6, 6.07) is 15.8. The molecule has 3 rings (SSSR count). The van der Waals surface area contributed by atoms with Crippen LogP contribution in [0.1, 0.15) is 15.9 Å². The number of fused-ring (bicyclic) bond motifs is 1. The molecule has 0 amide bonds. The van der Waals surface area contributed by atoms with Gasteiger partial charge in [-0.1, -0.05) is 30.3 Å². The average molecular weight is 322 g/mol. The van der Waals surface area contributed by atoms with Crippen molar-refractivity contribution in [1.29, 1.82) is 0 Å². The summed E-state index contributed by atoms with van der Waals surface area (Å²) < 4.78 is 5.74. The number of benzene rings is 2. The quantitative estimate of drug-likeness (QED) is 0.675. The van der Waals surface area contributed by atoms with Gasteiger partial charge in [0.2, 0.25) is 0 Å². The van der Waals surface area contributed by atoms with Gasteiger partial charge in [-0.25, -0.2) is 0 Å². The first kappa shape index (κ1) is 16.3. The fourth-order valence-electron chi connectivity index (χ4n) is 2.74. The van der Waals surface area contributed by atoms with E-state index in [4.69, 9.17) is 4.74 Å². The van der Waals surface area contributed by atoms with Gasteiger partial charge in [0.1, 0.15) is 12.4 Å². The van der Waals surface area contributed by atoms with Crippen molar-refractivity contribution in [3.63, 3.8) is 0 Å². The number of ketones is 1. The molecule has 1 N–H and O–H groups in total. The second-order valence-corrected chi connectivity index (χ2v) is 6.07. The van der Waals surface area contributed by atoms with Crippen LogP contribution in [0.3, 0.4) is 0 Å². The number of carbonyl (C=O) groups is 1. The van der Waals surface area contributed by atoms with E-state index in [-0.39, 0.29) is 5.78 Å². The third-order valence-corrected chi connectivity index (χ3v) is 4.03. The number of aromatic amines is 1. The molecule has 2 aromatic carbocycles. The first-order chi connectivity index (χ1) is 11.6. The molecule has 0 spiro atoms. The summed E-state index contributed by atoms with van der Waals surface area (Å²) in [5.41, 5.74) is 2.92. The minimum atomic E-state index is 0.116. The lowest BCUT2D eigenvalue weighted by atomic mass is 10.1. The Bertz CT molecular complexity index is 838. The Morgan fingerprint density at radius 1 is 1.17 bits per heavy atom. The van der Waals surface area contributed by atoms with E-state index in [2.05, 4.69) is 4.98 Å². The highest BCUT2D eigenvalue weighted by atomic mass is 16.5. The maximum Gasteiger partial charge on any atom is 0.178 e. The van der Waals surface area contributed by atoms with Crippen molar-refractivity contribution >= 4 is 16.7 Å². The second-order valence-electron chi connectivity index (χ2n) is 6.07. The molecule has 1 heterocycles. The van der Waals surface area contributed by atoms with Gasteiger partial charge in [0.15, 0.2) is 5.78 Å². The fraction of sp³-hybridized carbons (Fsp3) is 0.250. The lowest BCUT2D eigenvalue weighted by Crippen LogP contribution is -2.29. The van der Waals surface area contributed by atoms with Crippen molar-refractivity contribution in [2.24, 2.45) is 0 Å². The zero-order chi connectivity index (χ0) is 16.9. The van der Waals surface area contributed by atoms with Gasteiger partial charge in [0.05, 0.1) is 6.54 Å². The molecule has 0 saturated carbocycles. The largest absolute Gasteiger partial charge is 0.492 e. The van der Waals surface area contributed by atoms with Gasteiger partial charge in [0, 0.05) is 29.2 Å². The number of nitrogens with one attached hydrogen (secondary N) is 1. The molecule has 0 aliphatic heterocycles. The smallest absolute Gasteiger partial charge is 0.178 e. The van der Waals surface area contributed by atoms with Gasteiger partial charge in [0.25, 0.3) is 0 Å². The van der Waals surface area contributed by atoms with Crippen LogP contribution in [0.15, 0.2) is 54.7 Å². The summed E-state index contributed by atoms with van der Waals surface area (Å²) in [7, 11) is 1.94. The molecule has 0 fully saturated rings. The number of aromatic nitrogens is 1.